The summed E-state index contributed by atoms with van der Waals surface area (Å²) in [4.78, 5) is 26.6. The number of ether oxygens (including phenoxy) is 1. The predicted molar refractivity (Wildman–Crippen MR) is 106 cm³/mol. The van der Waals surface area contributed by atoms with Crippen LogP contribution in [-0.2, 0) is 27.3 Å². The molecular weight excluding hydrogens is 411 g/mol. The smallest absolute Gasteiger partial charge is 0.323 e. The number of amides is 1. The van der Waals surface area contributed by atoms with Crippen molar-refractivity contribution in [3.8, 4) is 0 Å². The van der Waals surface area contributed by atoms with Crippen LogP contribution in [0.2, 0.25) is 15.1 Å². The number of halogens is 3. The van der Waals surface area contributed by atoms with Gasteiger partial charge in [0.25, 0.3) is 0 Å². The Morgan fingerprint density at radius 3 is 2.41 bits per heavy atom. The Bertz CT molecular complexity index is 865. The highest BCUT2D eigenvalue weighted by atomic mass is 35.5. The summed E-state index contributed by atoms with van der Waals surface area (Å²) in [6.07, 6.45) is 0.485. The first-order valence-corrected chi connectivity index (χ1v) is 9.35. The molecule has 0 radical (unpaired) electrons. The number of esters is 1. The fraction of sp³-hybridized carbons (Fsp3) is 0.263. The van der Waals surface area contributed by atoms with Gasteiger partial charge in [0.15, 0.2) is 0 Å². The molecule has 1 atom stereocenters. The number of fused-ring (bicyclic) bond motifs is 1. The van der Waals surface area contributed by atoms with E-state index in [0.29, 0.717) is 23.7 Å². The number of methoxy groups -OCH3 is 1. The Labute approximate surface area is 172 Å². The molecule has 1 N–H and O–H groups in total. The number of nitrogens with one attached hydrogen (secondary N) is 1. The van der Waals surface area contributed by atoms with Crippen LogP contribution in [0.4, 0.5) is 5.69 Å². The Hall–Kier alpha value is -1.79. The number of hydrogen-bond acceptors (Lipinski definition) is 4. The maximum atomic E-state index is 12.6. The summed E-state index contributed by atoms with van der Waals surface area (Å²) >= 11 is 18.1. The molecule has 8 heteroatoms. The number of hydrogen-bond donors (Lipinski definition) is 1. The minimum Gasteiger partial charge on any atom is -0.468 e. The van der Waals surface area contributed by atoms with Crippen LogP contribution in [0.5, 0.6) is 0 Å². The van der Waals surface area contributed by atoms with Gasteiger partial charge >= 0.3 is 5.97 Å². The summed E-state index contributed by atoms with van der Waals surface area (Å²) in [7, 11) is 1.34. The number of carbonyl (C=O) groups is 2. The van der Waals surface area contributed by atoms with Crippen molar-refractivity contribution < 1.29 is 14.3 Å². The van der Waals surface area contributed by atoms with Crippen molar-refractivity contribution >= 4 is 52.4 Å². The molecule has 27 heavy (non-hydrogen) atoms. The van der Waals surface area contributed by atoms with Crippen LogP contribution in [-0.4, -0.2) is 36.5 Å². The Balaban J connectivity index is 1.78. The molecule has 1 aliphatic heterocycles. The highest BCUT2D eigenvalue weighted by Crippen LogP contribution is 2.33. The fourth-order valence-electron chi connectivity index (χ4n) is 3.14. The average Bonchev–Trinajstić information content (AvgIpc) is 2.63. The Morgan fingerprint density at radius 1 is 1.15 bits per heavy atom. The average molecular weight is 428 g/mol. The van der Waals surface area contributed by atoms with Gasteiger partial charge in [-0.25, -0.2) is 0 Å². The maximum Gasteiger partial charge on any atom is 0.323 e. The predicted octanol–water partition coefficient (Wildman–Crippen LogP) is 4.19. The van der Waals surface area contributed by atoms with Gasteiger partial charge in [-0.05, 0) is 29.7 Å². The van der Waals surface area contributed by atoms with E-state index < -0.39 is 6.04 Å². The van der Waals surface area contributed by atoms with Crippen LogP contribution >= 0.6 is 34.8 Å². The van der Waals surface area contributed by atoms with Crippen LogP contribution in [0, 0.1) is 0 Å². The zero-order valence-corrected chi connectivity index (χ0v) is 16.7. The minimum absolute atomic E-state index is 0.0105. The molecular formula is C19H17Cl3N2O3. The summed E-state index contributed by atoms with van der Waals surface area (Å²) < 4.78 is 4.92. The molecule has 0 saturated carbocycles. The highest BCUT2D eigenvalue weighted by Gasteiger charge is 2.33. The molecule has 0 fully saturated rings. The largest absolute Gasteiger partial charge is 0.468 e. The molecule has 142 valence electrons. The lowest BCUT2D eigenvalue weighted by Gasteiger charge is -2.34. The van der Waals surface area contributed by atoms with E-state index in [4.69, 9.17) is 39.5 Å². The summed E-state index contributed by atoms with van der Waals surface area (Å²) in [6, 6.07) is 10.3. The van der Waals surface area contributed by atoms with Gasteiger partial charge in [-0.15, -0.1) is 0 Å². The Kier molecular flexibility index (Phi) is 6.27. The third-order valence-corrected chi connectivity index (χ3v) is 5.25. The van der Waals surface area contributed by atoms with Crippen LogP contribution < -0.4 is 5.32 Å². The van der Waals surface area contributed by atoms with Gasteiger partial charge in [-0.1, -0.05) is 59.1 Å². The number of nitrogens with zero attached hydrogens (tertiary/aromatic N) is 1. The normalized spacial score (nSPS) is 16.5. The van der Waals surface area contributed by atoms with Gasteiger partial charge in [0.2, 0.25) is 5.91 Å². The molecule has 5 nitrogen and oxygen atoms in total. The second kappa shape index (κ2) is 8.48. The lowest BCUT2D eigenvalue weighted by atomic mass is 9.94. The number of anilines is 1. The lowest BCUT2D eigenvalue weighted by Crippen LogP contribution is -2.49. The van der Waals surface area contributed by atoms with Crippen molar-refractivity contribution in [3.63, 3.8) is 0 Å². The van der Waals surface area contributed by atoms with Crippen LogP contribution in [0.15, 0.2) is 36.4 Å². The molecule has 2 aromatic rings. The summed E-state index contributed by atoms with van der Waals surface area (Å²) in [6.45, 7) is 0.453. The van der Waals surface area contributed by atoms with E-state index in [1.165, 1.54) is 19.2 Å². The standard InChI is InChI=1S/C19H17Cl3N2O3/c1-27-19(26)16-6-11-4-2-3-5-12(11)9-24(16)10-17(25)23-18-14(21)7-13(20)8-15(18)22/h2-5,7-8,16H,6,9-10H2,1H3,(H,23,25). The molecule has 0 bridgehead atoms. The molecule has 1 amide bonds. The number of benzene rings is 2. The van der Waals surface area contributed by atoms with Crippen LogP contribution in [0.3, 0.4) is 0 Å². The van der Waals surface area contributed by atoms with E-state index in [9.17, 15) is 9.59 Å². The van der Waals surface area contributed by atoms with Gasteiger partial charge in [-0.3, -0.25) is 14.5 Å². The molecule has 1 heterocycles. The minimum atomic E-state index is -0.535. The van der Waals surface area contributed by atoms with Gasteiger partial charge in [0.1, 0.15) is 6.04 Å². The Morgan fingerprint density at radius 2 is 1.78 bits per heavy atom. The monoisotopic (exact) mass is 426 g/mol. The summed E-state index contributed by atoms with van der Waals surface area (Å²) in [5, 5.41) is 3.57. The number of carbonyl (C=O) groups excluding carboxylic acids is 2. The first-order valence-electron chi connectivity index (χ1n) is 8.22. The molecule has 1 unspecified atom stereocenters. The molecule has 0 spiro atoms. The van der Waals surface area contributed by atoms with E-state index in [2.05, 4.69) is 5.32 Å². The van der Waals surface area contributed by atoms with E-state index in [0.717, 1.165) is 11.1 Å². The maximum absolute atomic E-state index is 12.6. The highest BCUT2D eigenvalue weighted by molar-refractivity contribution is 6.42. The van der Waals surface area contributed by atoms with Gasteiger partial charge in [0, 0.05) is 11.6 Å². The van der Waals surface area contributed by atoms with E-state index in [1.807, 2.05) is 24.3 Å². The van der Waals surface area contributed by atoms with Crippen molar-refractivity contribution in [1.29, 1.82) is 0 Å². The number of rotatable bonds is 4. The molecule has 0 aliphatic carbocycles. The molecule has 0 saturated heterocycles. The zero-order chi connectivity index (χ0) is 19.6. The molecule has 0 aromatic heterocycles. The van der Waals surface area contributed by atoms with Crippen LogP contribution in [0.1, 0.15) is 11.1 Å². The van der Waals surface area contributed by atoms with Crippen molar-refractivity contribution in [3.05, 3.63) is 62.6 Å². The zero-order valence-electron chi connectivity index (χ0n) is 14.5. The van der Waals surface area contributed by atoms with Gasteiger partial charge < -0.3 is 10.1 Å². The van der Waals surface area contributed by atoms with Gasteiger partial charge in [-0.2, -0.15) is 0 Å². The summed E-state index contributed by atoms with van der Waals surface area (Å²) in [5.41, 5.74) is 2.45. The van der Waals surface area contributed by atoms with Crippen LogP contribution in [0.25, 0.3) is 0 Å². The molecule has 1 aliphatic rings. The summed E-state index contributed by atoms with van der Waals surface area (Å²) in [5.74, 6) is -0.714. The van der Waals surface area contributed by atoms with Crippen molar-refractivity contribution in [2.75, 3.05) is 19.0 Å². The van der Waals surface area contributed by atoms with E-state index in [-0.39, 0.29) is 28.5 Å². The second-order valence-corrected chi connectivity index (χ2v) is 7.46. The molecule has 2 aromatic carbocycles. The second-order valence-electron chi connectivity index (χ2n) is 6.21. The van der Waals surface area contributed by atoms with Crippen molar-refractivity contribution in [2.45, 2.75) is 19.0 Å². The third-order valence-electron chi connectivity index (χ3n) is 4.44. The SMILES string of the molecule is COC(=O)C1Cc2ccccc2CN1CC(=O)Nc1c(Cl)cc(Cl)cc1Cl. The van der Waals surface area contributed by atoms with Crippen molar-refractivity contribution in [1.82, 2.24) is 4.90 Å². The topological polar surface area (TPSA) is 58.6 Å². The van der Waals surface area contributed by atoms with Crippen molar-refractivity contribution in [2.24, 2.45) is 0 Å². The fourth-order valence-corrected chi connectivity index (χ4v) is 4.05. The first-order chi connectivity index (χ1) is 12.9. The van der Waals surface area contributed by atoms with Gasteiger partial charge in [0.05, 0.1) is 29.4 Å². The first kappa shape index (κ1) is 20.0. The lowest BCUT2D eigenvalue weighted by molar-refractivity contribution is -0.148. The van der Waals surface area contributed by atoms with E-state index >= 15 is 0 Å². The molecule has 3 rings (SSSR count). The van der Waals surface area contributed by atoms with E-state index in [1.54, 1.807) is 4.90 Å². The third kappa shape index (κ3) is 4.55. The quantitative estimate of drug-likeness (QED) is 0.744.